The van der Waals surface area contributed by atoms with E-state index in [0.29, 0.717) is 12.8 Å². The van der Waals surface area contributed by atoms with Crippen LogP contribution in [0.4, 0.5) is 0 Å². The molecule has 1 heterocycles. The molecule has 1 aromatic rings. The molecule has 18 heavy (non-hydrogen) atoms. The number of aryl methyl sites for hydroxylation is 1. The number of hydrogen-bond donors (Lipinski definition) is 1. The van der Waals surface area contributed by atoms with E-state index in [1.807, 2.05) is 0 Å². The first-order valence-electron chi connectivity index (χ1n) is 6.39. The van der Waals surface area contributed by atoms with Crippen molar-refractivity contribution in [1.29, 1.82) is 0 Å². The lowest BCUT2D eigenvalue weighted by Gasteiger charge is -2.27. The number of fused-ring (bicyclic) bond motifs is 1. The van der Waals surface area contributed by atoms with Gasteiger partial charge in [-0.3, -0.25) is 0 Å². The normalized spacial score (nSPS) is 21.6. The molecule has 0 aliphatic heterocycles. The molecule has 2 unspecified atom stereocenters. The number of aliphatic hydroxyl groups is 1. The summed E-state index contributed by atoms with van der Waals surface area (Å²) in [6, 6.07) is 2.11. The van der Waals surface area contributed by atoms with Crippen LogP contribution in [-0.4, -0.2) is 31.6 Å². The fourth-order valence-corrected chi connectivity index (χ4v) is 4.37. The minimum absolute atomic E-state index is 0.174. The molecule has 2 rings (SSSR count). The van der Waals surface area contributed by atoms with E-state index in [2.05, 4.69) is 11.4 Å². The maximum atomic E-state index is 11.1. The quantitative estimate of drug-likeness (QED) is 0.905. The highest BCUT2D eigenvalue weighted by atomic mass is 32.2. The third kappa shape index (κ3) is 3.56. The second-order valence-electron chi connectivity index (χ2n) is 5.14. The summed E-state index contributed by atoms with van der Waals surface area (Å²) in [6.07, 6.45) is 5.24. The molecular formula is C13H20O3S2. The van der Waals surface area contributed by atoms with Crippen molar-refractivity contribution in [2.24, 2.45) is 0 Å². The molecule has 102 valence electrons. The summed E-state index contributed by atoms with van der Waals surface area (Å²) < 4.78 is 22.1. The summed E-state index contributed by atoms with van der Waals surface area (Å²) >= 11 is 1.77. The Bertz CT molecular complexity index is 490. The highest BCUT2D eigenvalue weighted by molar-refractivity contribution is 7.90. The van der Waals surface area contributed by atoms with Gasteiger partial charge in [0.2, 0.25) is 0 Å². The molecule has 0 aromatic carbocycles. The molecule has 5 heteroatoms. The fourth-order valence-electron chi connectivity index (χ4n) is 2.68. The van der Waals surface area contributed by atoms with Crippen LogP contribution in [0.25, 0.3) is 0 Å². The van der Waals surface area contributed by atoms with Gasteiger partial charge in [-0.05, 0) is 49.1 Å². The molecule has 1 N–H and O–H groups in total. The largest absolute Gasteiger partial charge is 0.392 e. The third-order valence-corrected chi connectivity index (χ3v) is 5.60. The van der Waals surface area contributed by atoms with Crippen LogP contribution >= 0.6 is 11.3 Å². The number of sulfone groups is 1. The van der Waals surface area contributed by atoms with E-state index in [4.69, 9.17) is 0 Å². The van der Waals surface area contributed by atoms with Crippen molar-refractivity contribution >= 4 is 21.2 Å². The summed E-state index contributed by atoms with van der Waals surface area (Å²) in [5.41, 5.74) is 1.29. The predicted octanol–water partition coefficient (Wildman–Crippen LogP) is 2.35. The van der Waals surface area contributed by atoms with Gasteiger partial charge in [-0.25, -0.2) is 8.42 Å². The molecule has 1 aliphatic rings. The van der Waals surface area contributed by atoms with E-state index in [-0.39, 0.29) is 11.7 Å². The molecule has 0 radical (unpaired) electrons. The van der Waals surface area contributed by atoms with E-state index in [0.717, 1.165) is 19.3 Å². The Morgan fingerprint density at radius 2 is 2.33 bits per heavy atom. The van der Waals surface area contributed by atoms with Crippen molar-refractivity contribution in [1.82, 2.24) is 0 Å². The molecular weight excluding hydrogens is 268 g/mol. The van der Waals surface area contributed by atoms with Gasteiger partial charge in [0, 0.05) is 22.8 Å². The molecule has 0 amide bonds. The van der Waals surface area contributed by atoms with E-state index in [9.17, 15) is 13.5 Å². The van der Waals surface area contributed by atoms with Crippen molar-refractivity contribution in [2.75, 3.05) is 12.0 Å². The Balaban J connectivity index is 1.93. The van der Waals surface area contributed by atoms with Crippen LogP contribution in [0, 0.1) is 0 Å². The first-order chi connectivity index (χ1) is 8.47. The van der Waals surface area contributed by atoms with E-state index < -0.39 is 15.9 Å². The zero-order valence-electron chi connectivity index (χ0n) is 10.6. The lowest BCUT2D eigenvalue weighted by molar-refractivity contribution is 0.125. The first-order valence-corrected chi connectivity index (χ1v) is 9.33. The van der Waals surface area contributed by atoms with Gasteiger partial charge in [-0.15, -0.1) is 11.3 Å². The van der Waals surface area contributed by atoms with Crippen LogP contribution in [0.5, 0.6) is 0 Å². The molecule has 0 fully saturated rings. The minimum Gasteiger partial charge on any atom is -0.392 e. The zero-order chi connectivity index (χ0) is 13.2. The number of hydrogen-bond acceptors (Lipinski definition) is 4. The minimum atomic E-state index is -2.91. The van der Waals surface area contributed by atoms with Gasteiger partial charge < -0.3 is 5.11 Å². The highest BCUT2D eigenvalue weighted by Crippen LogP contribution is 2.37. The Morgan fingerprint density at radius 1 is 1.56 bits per heavy atom. The second-order valence-corrected chi connectivity index (χ2v) is 8.40. The number of rotatable bonds is 5. The second kappa shape index (κ2) is 5.72. The van der Waals surface area contributed by atoms with Gasteiger partial charge in [0.25, 0.3) is 0 Å². The number of aliphatic hydroxyl groups excluding tert-OH is 1. The predicted molar refractivity (Wildman–Crippen MR) is 74.9 cm³/mol. The fraction of sp³-hybridized carbons (Fsp3) is 0.692. The average molecular weight is 288 g/mol. The van der Waals surface area contributed by atoms with Crippen molar-refractivity contribution < 1.29 is 13.5 Å². The average Bonchev–Trinajstić information content (AvgIpc) is 2.74. The summed E-state index contributed by atoms with van der Waals surface area (Å²) in [5.74, 6) is 0.382. The van der Waals surface area contributed by atoms with Gasteiger partial charge in [-0.1, -0.05) is 0 Å². The molecule has 0 bridgehead atoms. The van der Waals surface area contributed by atoms with Crippen LogP contribution in [0.3, 0.4) is 0 Å². The van der Waals surface area contributed by atoms with Crippen LogP contribution in [-0.2, 0) is 16.3 Å². The van der Waals surface area contributed by atoms with Crippen molar-refractivity contribution in [2.45, 2.75) is 44.1 Å². The lowest BCUT2D eigenvalue weighted by atomic mass is 9.82. The van der Waals surface area contributed by atoms with Gasteiger partial charge in [-0.2, -0.15) is 0 Å². The first kappa shape index (κ1) is 14.0. The number of thiophene rings is 1. The Labute approximate surface area is 113 Å². The Kier molecular flexibility index (Phi) is 4.45. The summed E-state index contributed by atoms with van der Waals surface area (Å²) in [6.45, 7) is 0. The molecule has 3 nitrogen and oxygen atoms in total. The lowest BCUT2D eigenvalue weighted by Crippen LogP contribution is -2.22. The topological polar surface area (TPSA) is 54.4 Å². The smallest absolute Gasteiger partial charge is 0.147 e. The van der Waals surface area contributed by atoms with Crippen molar-refractivity contribution in [3.8, 4) is 0 Å². The van der Waals surface area contributed by atoms with Crippen LogP contribution in [0.2, 0.25) is 0 Å². The van der Waals surface area contributed by atoms with Gasteiger partial charge in [0.1, 0.15) is 9.84 Å². The molecule has 1 aliphatic carbocycles. The molecule has 0 saturated carbocycles. The molecule has 0 spiro atoms. The van der Waals surface area contributed by atoms with Crippen LogP contribution < -0.4 is 0 Å². The van der Waals surface area contributed by atoms with Gasteiger partial charge in [0.05, 0.1) is 6.10 Å². The summed E-state index contributed by atoms with van der Waals surface area (Å²) in [7, 11) is -2.91. The van der Waals surface area contributed by atoms with E-state index in [1.54, 1.807) is 11.3 Å². The van der Waals surface area contributed by atoms with Crippen molar-refractivity contribution in [3.05, 3.63) is 21.9 Å². The standard InChI is InChI=1S/C13H20O3S2/c1-18(15,16)9-3-5-12(14)10-4-2-6-13-11(10)7-8-17-13/h7-8,10,12,14H,2-6,9H2,1H3. The van der Waals surface area contributed by atoms with Crippen molar-refractivity contribution in [3.63, 3.8) is 0 Å². The molecule has 2 atom stereocenters. The Hall–Kier alpha value is -0.390. The Morgan fingerprint density at radius 3 is 3.06 bits per heavy atom. The molecule has 0 saturated heterocycles. The maximum Gasteiger partial charge on any atom is 0.147 e. The maximum absolute atomic E-state index is 11.1. The van der Waals surface area contributed by atoms with E-state index >= 15 is 0 Å². The SMILES string of the molecule is CS(=O)(=O)CCCC(O)C1CCCc2sccc21. The third-order valence-electron chi connectivity index (χ3n) is 3.58. The highest BCUT2D eigenvalue weighted by Gasteiger charge is 2.27. The van der Waals surface area contributed by atoms with E-state index in [1.165, 1.54) is 16.7 Å². The summed E-state index contributed by atoms with van der Waals surface area (Å²) in [5, 5.41) is 12.3. The molecule has 1 aromatic heterocycles. The van der Waals surface area contributed by atoms with Gasteiger partial charge in [0.15, 0.2) is 0 Å². The monoisotopic (exact) mass is 288 g/mol. The zero-order valence-corrected chi connectivity index (χ0v) is 12.3. The van der Waals surface area contributed by atoms with Crippen LogP contribution in [0.15, 0.2) is 11.4 Å². The van der Waals surface area contributed by atoms with Gasteiger partial charge >= 0.3 is 0 Å². The summed E-state index contributed by atoms with van der Waals surface area (Å²) in [4.78, 5) is 1.40. The van der Waals surface area contributed by atoms with Crippen LogP contribution in [0.1, 0.15) is 42.0 Å².